The van der Waals surface area contributed by atoms with Gasteiger partial charge in [-0.1, -0.05) is 0 Å². The molecule has 0 unspecified atom stereocenters. The van der Waals surface area contributed by atoms with E-state index in [0.717, 1.165) is 17.0 Å². The van der Waals surface area contributed by atoms with Gasteiger partial charge in [0.05, 0.1) is 12.2 Å². The molecule has 2 aromatic heterocycles. The fourth-order valence-electron chi connectivity index (χ4n) is 2.37. The molecular formula is C13H17N7O. The first-order valence-corrected chi connectivity index (χ1v) is 6.68. The minimum Gasteiger partial charge on any atom is -0.364 e. The highest BCUT2D eigenvalue weighted by Gasteiger charge is 2.19. The molecule has 1 aliphatic heterocycles. The molecule has 0 aliphatic carbocycles. The molecule has 0 spiro atoms. The minimum absolute atomic E-state index is 0.103. The Balaban J connectivity index is 1.84. The number of hydrogen-bond acceptors (Lipinski definition) is 6. The Morgan fingerprint density at radius 1 is 1.38 bits per heavy atom. The number of amides is 1. The average molecular weight is 287 g/mol. The summed E-state index contributed by atoms with van der Waals surface area (Å²) >= 11 is 0. The number of rotatable bonds is 3. The number of carbonyl (C=O) groups is 1. The SMILES string of the molecule is Cc1nn(C)c(C)c1CNc1ncnc2c1NC(=O)CN2. The third-order valence-electron chi connectivity index (χ3n) is 3.62. The van der Waals surface area contributed by atoms with E-state index in [0.29, 0.717) is 23.9 Å². The quantitative estimate of drug-likeness (QED) is 0.773. The number of fused-ring (bicyclic) bond motifs is 1. The summed E-state index contributed by atoms with van der Waals surface area (Å²) in [4.78, 5) is 19.8. The molecule has 21 heavy (non-hydrogen) atoms. The van der Waals surface area contributed by atoms with Crippen LogP contribution in [0.15, 0.2) is 6.33 Å². The largest absolute Gasteiger partial charge is 0.364 e. The molecule has 0 fully saturated rings. The van der Waals surface area contributed by atoms with E-state index in [2.05, 4.69) is 31.0 Å². The Kier molecular flexibility index (Phi) is 3.20. The zero-order valence-electron chi connectivity index (χ0n) is 12.2. The molecular weight excluding hydrogens is 270 g/mol. The fourth-order valence-corrected chi connectivity index (χ4v) is 2.37. The third-order valence-corrected chi connectivity index (χ3v) is 3.62. The van der Waals surface area contributed by atoms with Crippen molar-refractivity contribution in [1.82, 2.24) is 19.7 Å². The van der Waals surface area contributed by atoms with Crippen molar-refractivity contribution in [2.24, 2.45) is 7.05 Å². The van der Waals surface area contributed by atoms with Gasteiger partial charge in [-0.3, -0.25) is 9.48 Å². The van der Waals surface area contributed by atoms with Gasteiger partial charge < -0.3 is 16.0 Å². The fraction of sp³-hybridized carbons (Fsp3) is 0.385. The number of nitrogens with one attached hydrogen (secondary N) is 3. The average Bonchev–Trinajstić information content (AvgIpc) is 2.70. The Labute approximate surface area is 122 Å². The highest BCUT2D eigenvalue weighted by Crippen LogP contribution is 2.29. The van der Waals surface area contributed by atoms with Gasteiger partial charge in [0.25, 0.3) is 0 Å². The lowest BCUT2D eigenvalue weighted by atomic mass is 10.2. The van der Waals surface area contributed by atoms with E-state index in [1.54, 1.807) is 0 Å². The molecule has 8 nitrogen and oxygen atoms in total. The van der Waals surface area contributed by atoms with Gasteiger partial charge >= 0.3 is 0 Å². The van der Waals surface area contributed by atoms with Gasteiger partial charge in [-0.2, -0.15) is 5.10 Å². The minimum atomic E-state index is -0.103. The van der Waals surface area contributed by atoms with Gasteiger partial charge in [0.15, 0.2) is 11.6 Å². The predicted octanol–water partition coefficient (Wildman–Crippen LogP) is 0.803. The zero-order chi connectivity index (χ0) is 15.0. The van der Waals surface area contributed by atoms with E-state index in [1.807, 2.05) is 25.6 Å². The zero-order valence-corrected chi connectivity index (χ0v) is 12.2. The highest BCUT2D eigenvalue weighted by atomic mass is 16.2. The number of anilines is 3. The summed E-state index contributed by atoms with van der Waals surface area (Å²) in [6.07, 6.45) is 1.47. The molecule has 0 bridgehead atoms. The van der Waals surface area contributed by atoms with Crippen LogP contribution in [0.5, 0.6) is 0 Å². The van der Waals surface area contributed by atoms with Crippen LogP contribution >= 0.6 is 0 Å². The van der Waals surface area contributed by atoms with Crippen molar-refractivity contribution in [2.45, 2.75) is 20.4 Å². The summed E-state index contributed by atoms with van der Waals surface area (Å²) in [5.41, 5.74) is 3.80. The summed E-state index contributed by atoms with van der Waals surface area (Å²) < 4.78 is 1.85. The molecule has 0 radical (unpaired) electrons. The van der Waals surface area contributed by atoms with Gasteiger partial charge in [0.2, 0.25) is 5.91 Å². The monoisotopic (exact) mass is 287 g/mol. The molecule has 0 aromatic carbocycles. The smallest absolute Gasteiger partial charge is 0.243 e. The molecule has 3 rings (SSSR count). The maximum atomic E-state index is 11.5. The topological polar surface area (TPSA) is 96.8 Å². The molecule has 1 aliphatic rings. The molecule has 110 valence electrons. The number of carbonyl (C=O) groups excluding carboxylic acids is 1. The van der Waals surface area contributed by atoms with Crippen molar-refractivity contribution in [3.63, 3.8) is 0 Å². The Morgan fingerprint density at radius 2 is 2.19 bits per heavy atom. The van der Waals surface area contributed by atoms with Crippen molar-refractivity contribution in [1.29, 1.82) is 0 Å². The maximum Gasteiger partial charge on any atom is 0.243 e. The van der Waals surface area contributed by atoms with Gasteiger partial charge in [-0.25, -0.2) is 9.97 Å². The standard InChI is InChI=1S/C13H17N7O/c1-7-9(8(2)20(3)19-7)4-14-12-11-13(17-6-16-12)15-5-10(21)18-11/h6H,4-5H2,1-3H3,(H,18,21)(H2,14,15,16,17). The van der Waals surface area contributed by atoms with Gasteiger partial charge in [0, 0.05) is 24.8 Å². The van der Waals surface area contributed by atoms with Crippen molar-refractivity contribution in [3.05, 3.63) is 23.3 Å². The lowest BCUT2D eigenvalue weighted by Crippen LogP contribution is -2.29. The van der Waals surface area contributed by atoms with Crippen LogP contribution in [0, 0.1) is 13.8 Å². The molecule has 3 N–H and O–H groups in total. The number of hydrogen-bond donors (Lipinski definition) is 3. The van der Waals surface area contributed by atoms with E-state index < -0.39 is 0 Å². The molecule has 2 aromatic rings. The molecule has 0 saturated carbocycles. The van der Waals surface area contributed by atoms with Crippen LogP contribution in [0.25, 0.3) is 0 Å². The normalized spacial score (nSPS) is 13.4. The van der Waals surface area contributed by atoms with Crippen LogP contribution in [-0.2, 0) is 18.4 Å². The first-order valence-electron chi connectivity index (χ1n) is 6.68. The Hall–Kier alpha value is -2.64. The van der Waals surface area contributed by atoms with E-state index in [1.165, 1.54) is 6.33 Å². The Bertz CT molecular complexity index is 707. The highest BCUT2D eigenvalue weighted by molar-refractivity contribution is 6.02. The second kappa shape index (κ2) is 5.04. The lowest BCUT2D eigenvalue weighted by molar-refractivity contribution is -0.114. The van der Waals surface area contributed by atoms with E-state index in [4.69, 9.17) is 0 Å². The van der Waals surface area contributed by atoms with Crippen LogP contribution < -0.4 is 16.0 Å². The third kappa shape index (κ3) is 2.39. The lowest BCUT2D eigenvalue weighted by Gasteiger charge is -2.20. The van der Waals surface area contributed by atoms with Crippen LogP contribution in [0.2, 0.25) is 0 Å². The van der Waals surface area contributed by atoms with Crippen LogP contribution in [0.4, 0.5) is 17.3 Å². The van der Waals surface area contributed by atoms with Crippen molar-refractivity contribution >= 4 is 23.2 Å². The first-order chi connectivity index (χ1) is 10.1. The van der Waals surface area contributed by atoms with Crippen LogP contribution in [0.1, 0.15) is 17.0 Å². The summed E-state index contributed by atoms with van der Waals surface area (Å²) in [5, 5.41) is 13.4. The van der Waals surface area contributed by atoms with Crippen LogP contribution in [0.3, 0.4) is 0 Å². The summed E-state index contributed by atoms with van der Waals surface area (Å²) in [6, 6.07) is 0. The number of aryl methyl sites for hydroxylation is 2. The van der Waals surface area contributed by atoms with Gasteiger partial charge in [-0.05, 0) is 13.8 Å². The molecule has 1 amide bonds. The second-order valence-corrected chi connectivity index (χ2v) is 4.97. The van der Waals surface area contributed by atoms with E-state index in [9.17, 15) is 4.79 Å². The van der Waals surface area contributed by atoms with E-state index >= 15 is 0 Å². The second-order valence-electron chi connectivity index (χ2n) is 4.97. The number of nitrogens with zero attached hydrogens (tertiary/aromatic N) is 4. The molecule has 0 saturated heterocycles. The molecule has 3 heterocycles. The van der Waals surface area contributed by atoms with Crippen molar-refractivity contribution in [2.75, 3.05) is 22.5 Å². The van der Waals surface area contributed by atoms with Gasteiger partial charge in [0.1, 0.15) is 12.0 Å². The summed E-state index contributed by atoms with van der Waals surface area (Å²) in [7, 11) is 1.92. The van der Waals surface area contributed by atoms with Crippen LogP contribution in [-0.4, -0.2) is 32.2 Å². The number of aromatic nitrogens is 4. The molecule has 8 heteroatoms. The molecule has 0 atom stereocenters. The summed E-state index contributed by atoms with van der Waals surface area (Å²) in [6.45, 7) is 4.81. The van der Waals surface area contributed by atoms with Crippen molar-refractivity contribution in [3.8, 4) is 0 Å². The Morgan fingerprint density at radius 3 is 2.90 bits per heavy atom. The van der Waals surface area contributed by atoms with E-state index in [-0.39, 0.29) is 12.5 Å². The summed E-state index contributed by atoms with van der Waals surface area (Å²) in [5.74, 6) is 1.13. The predicted molar refractivity (Wildman–Crippen MR) is 79.2 cm³/mol. The van der Waals surface area contributed by atoms with Gasteiger partial charge in [-0.15, -0.1) is 0 Å². The maximum absolute atomic E-state index is 11.5. The van der Waals surface area contributed by atoms with Crippen molar-refractivity contribution < 1.29 is 4.79 Å². The first kappa shape index (κ1) is 13.3.